The molecule has 0 fully saturated rings. The second kappa shape index (κ2) is 5.14. The highest BCUT2D eigenvalue weighted by molar-refractivity contribution is 7.09. The van der Waals surface area contributed by atoms with E-state index >= 15 is 0 Å². The van der Waals surface area contributed by atoms with Crippen molar-refractivity contribution in [1.82, 2.24) is 15.3 Å². The van der Waals surface area contributed by atoms with E-state index in [2.05, 4.69) is 22.2 Å². The van der Waals surface area contributed by atoms with Crippen LogP contribution in [-0.4, -0.2) is 16.5 Å². The van der Waals surface area contributed by atoms with Crippen LogP contribution in [0.1, 0.15) is 11.9 Å². The van der Waals surface area contributed by atoms with Crippen molar-refractivity contribution in [2.75, 3.05) is 6.54 Å². The highest BCUT2D eigenvalue weighted by Gasteiger charge is 2.05. The molecule has 3 nitrogen and oxygen atoms in total. The predicted octanol–water partition coefficient (Wildman–Crippen LogP) is 2.45. The molecule has 0 radical (unpaired) electrons. The van der Waals surface area contributed by atoms with Crippen molar-refractivity contribution in [2.45, 2.75) is 13.5 Å². The maximum absolute atomic E-state index is 12.7. The van der Waals surface area contributed by atoms with Gasteiger partial charge in [0.05, 0.1) is 17.6 Å². The molecule has 0 saturated carbocycles. The van der Waals surface area contributed by atoms with Crippen LogP contribution in [0.25, 0.3) is 11.4 Å². The molecule has 84 valence electrons. The summed E-state index contributed by atoms with van der Waals surface area (Å²) < 4.78 is 12.7. The Morgan fingerprint density at radius 1 is 1.38 bits per heavy atom. The van der Waals surface area contributed by atoms with Crippen molar-refractivity contribution in [3.05, 3.63) is 34.5 Å². The molecule has 1 N–H and O–H groups in total. The molecule has 0 aliphatic heterocycles. The van der Waals surface area contributed by atoms with E-state index in [-0.39, 0.29) is 5.82 Å². The number of rotatable bonds is 4. The Hall–Kier alpha value is -1.33. The third kappa shape index (κ3) is 2.62. The van der Waals surface area contributed by atoms with Gasteiger partial charge in [-0.25, -0.2) is 9.37 Å². The molecule has 0 saturated heterocycles. The normalized spacial score (nSPS) is 10.6. The van der Waals surface area contributed by atoms with Gasteiger partial charge in [0.2, 0.25) is 0 Å². The van der Waals surface area contributed by atoms with Gasteiger partial charge in [-0.2, -0.15) is 0 Å². The molecule has 0 unspecified atom stereocenters. The van der Waals surface area contributed by atoms with Crippen molar-refractivity contribution in [3.63, 3.8) is 0 Å². The fourth-order valence-corrected chi connectivity index (χ4v) is 2.03. The van der Waals surface area contributed by atoms with Crippen LogP contribution in [0.2, 0.25) is 0 Å². The Morgan fingerprint density at radius 3 is 2.94 bits per heavy atom. The first-order chi connectivity index (χ1) is 7.79. The Kier molecular flexibility index (Phi) is 3.58. The zero-order valence-corrected chi connectivity index (χ0v) is 9.72. The molecule has 2 aromatic heterocycles. The monoisotopic (exact) mass is 237 g/mol. The summed E-state index contributed by atoms with van der Waals surface area (Å²) in [6.07, 6.45) is 1.21. The molecule has 16 heavy (non-hydrogen) atoms. The molecule has 0 aliphatic carbocycles. The molecule has 0 spiro atoms. The molecule has 0 amide bonds. The molecule has 0 bridgehead atoms. The van der Waals surface area contributed by atoms with E-state index in [0.717, 1.165) is 23.8 Å². The molecular weight excluding hydrogens is 225 g/mol. The average Bonchev–Trinajstić information content (AvgIpc) is 2.76. The smallest absolute Gasteiger partial charge is 0.141 e. The van der Waals surface area contributed by atoms with E-state index < -0.39 is 0 Å². The lowest BCUT2D eigenvalue weighted by Crippen LogP contribution is -2.11. The minimum Gasteiger partial charge on any atom is -0.311 e. The number of pyridine rings is 1. The summed E-state index contributed by atoms with van der Waals surface area (Å²) in [7, 11) is 0. The number of nitrogens with one attached hydrogen (secondary N) is 1. The molecule has 0 atom stereocenters. The molecular formula is C11H12FN3S. The van der Waals surface area contributed by atoms with Crippen molar-refractivity contribution in [3.8, 4) is 11.4 Å². The van der Waals surface area contributed by atoms with Gasteiger partial charge in [0.1, 0.15) is 10.8 Å². The van der Waals surface area contributed by atoms with Gasteiger partial charge in [0, 0.05) is 11.9 Å². The van der Waals surface area contributed by atoms with Crippen LogP contribution in [0.15, 0.2) is 23.7 Å². The van der Waals surface area contributed by atoms with Gasteiger partial charge in [-0.15, -0.1) is 11.3 Å². The summed E-state index contributed by atoms with van der Waals surface area (Å²) in [5.74, 6) is -0.327. The molecule has 2 aromatic rings. The Labute approximate surface area is 97.4 Å². The fraction of sp³-hybridized carbons (Fsp3) is 0.273. The predicted molar refractivity (Wildman–Crippen MR) is 62.7 cm³/mol. The number of nitrogens with zero attached hydrogens (tertiary/aromatic N) is 2. The van der Waals surface area contributed by atoms with Gasteiger partial charge in [-0.05, 0) is 18.7 Å². The van der Waals surface area contributed by atoms with E-state index in [9.17, 15) is 4.39 Å². The van der Waals surface area contributed by atoms with Crippen LogP contribution in [0.4, 0.5) is 4.39 Å². The lowest BCUT2D eigenvalue weighted by molar-refractivity contribution is 0.622. The standard InChI is InChI=1S/C11H12FN3S/c1-2-13-6-11-15-10(7-16-11)9-4-3-8(12)5-14-9/h3-5,7,13H,2,6H2,1H3. The first-order valence-electron chi connectivity index (χ1n) is 5.06. The topological polar surface area (TPSA) is 37.8 Å². The average molecular weight is 237 g/mol. The van der Waals surface area contributed by atoms with Gasteiger partial charge < -0.3 is 5.32 Å². The highest BCUT2D eigenvalue weighted by atomic mass is 32.1. The number of halogens is 1. The summed E-state index contributed by atoms with van der Waals surface area (Å²) in [6, 6.07) is 3.03. The van der Waals surface area contributed by atoms with E-state index in [1.807, 2.05) is 5.38 Å². The minimum absolute atomic E-state index is 0.327. The first-order valence-corrected chi connectivity index (χ1v) is 5.94. The van der Waals surface area contributed by atoms with Gasteiger partial charge in [-0.1, -0.05) is 6.92 Å². The summed E-state index contributed by atoms with van der Waals surface area (Å²) in [5, 5.41) is 6.16. The summed E-state index contributed by atoms with van der Waals surface area (Å²) in [6.45, 7) is 3.74. The van der Waals surface area contributed by atoms with Crippen LogP contribution in [0, 0.1) is 5.82 Å². The quantitative estimate of drug-likeness (QED) is 0.887. The molecule has 0 aliphatic rings. The molecule has 2 rings (SSSR count). The maximum atomic E-state index is 12.7. The SMILES string of the molecule is CCNCc1nc(-c2ccc(F)cn2)cs1. The van der Waals surface area contributed by atoms with Crippen molar-refractivity contribution in [1.29, 1.82) is 0 Å². The van der Waals surface area contributed by atoms with Gasteiger partial charge >= 0.3 is 0 Å². The van der Waals surface area contributed by atoms with Crippen LogP contribution in [-0.2, 0) is 6.54 Å². The molecule has 0 aromatic carbocycles. The third-order valence-electron chi connectivity index (χ3n) is 2.07. The van der Waals surface area contributed by atoms with Crippen molar-refractivity contribution >= 4 is 11.3 Å². The fourth-order valence-electron chi connectivity index (χ4n) is 1.27. The van der Waals surface area contributed by atoms with E-state index in [1.54, 1.807) is 17.4 Å². The van der Waals surface area contributed by atoms with Gasteiger partial charge in [-0.3, -0.25) is 4.98 Å². The number of hydrogen-bond donors (Lipinski definition) is 1. The van der Waals surface area contributed by atoms with Crippen molar-refractivity contribution in [2.24, 2.45) is 0 Å². The van der Waals surface area contributed by atoms with Crippen molar-refractivity contribution < 1.29 is 4.39 Å². The Bertz CT molecular complexity index is 453. The number of aromatic nitrogens is 2. The van der Waals surface area contributed by atoms with E-state index in [1.165, 1.54) is 12.3 Å². The summed E-state index contributed by atoms with van der Waals surface area (Å²) >= 11 is 1.58. The molecule has 2 heterocycles. The van der Waals surface area contributed by atoms with Crippen LogP contribution >= 0.6 is 11.3 Å². The zero-order chi connectivity index (χ0) is 11.4. The lowest BCUT2D eigenvalue weighted by Gasteiger charge is -1.96. The van der Waals surface area contributed by atoms with E-state index in [4.69, 9.17) is 0 Å². The first kappa shape index (κ1) is 11.2. The van der Waals surface area contributed by atoms with Crippen LogP contribution in [0.5, 0.6) is 0 Å². The summed E-state index contributed by atoms with van der Waals surface area (Å²) in [4.78, 5) is 8.41. The summed E-state index contributed by atoms with van der Waals surface area (Å²) in [5.41, 5.74) is 1.51. The largest absolute Gasteiger partial charge is 0.311 e. The minimum atomic E-state index is -0.327. The lowest BCUT2D eigenvalue weighted by atomic mass is 10.3. The number of thiazole rings is 1. The van der Waals surface area contributed by atoms with E-state index in [0.29, 0.717) is 5.69 Å². The highest BCUT2D eigenvalue weighted by Crippen LogP contribution is 2.19. The van der Waals surface area contributed by atoms with Crippen LogP contribution in [0.3, 0.4) is 0 Å². The Balaban J connectivity index is 2.15. The second-order valence-electron chi connectivity index (χ2n) is 3.27. The maximum Gasteiger partial charge on any atom is 0.141 e. The van der Waals surface area contributed by atoms with Gasteiger partial charge in [0.15, 0.2) is 0 Å². The Morgan fingerprint density at radius 2 is 2.25 bits per heavy atom. The zero-order valence-electron chi connectivity index (χ0n) is 8.90. The number of hydrogen-bond acceptors (Lipinski definition) is 4. The third-order valence-corrected chi connectivity index (χ3v) is 2.92. The second-order valence-corrected chi connectivity index (χ2v) is 4.21. The molecule has 5 heteroatoms. The van der Waals surface area contributed by atoms with Gasteiger partial charge in [0.25, 0.3) is 0 Å². The van der Waals surface area contributed by atoms with Crippen LogP contribution < -0.4 is 5.32 Å².